The predicted molar refractivity (Wildman–Crippen MR) is 130 cm³/mol. The van der Waals surface area contributed by atoms with E-state index in [-0.39, 0.29) is 54.2 Å². The van der Waals surface area contributed by atoms with Crippen molar-refractivity contribution < 1.29 is 19.1 Å². The number of nitrogens with one attached hydrogen (secondary N) is 1. The second-order valence-corrected chi connectivity index (χ2v) is 10.3. The zero-order valence-corrected chi connectivity index (χ0v) is 20.3. The monoisotopic (exact) mass is 479 g/mol. The van der Waals surface area contributed by atoms with E-state index in [1.807, 2.05) is 59.7 Å². The molecule has 3 aliphatic heterocycles. The Morgan fingerprint density at radius 3 is 2.63 bits per heavy atom. The maximum absolute atomic E-state index is 13.0. The lowest BCUT2D eigenvalue weighted by atomic mass is 9.83. The van der Waals surface area contributed by atoms with E-state index in [0.29, 0.717) is 26.2 Å². The van der Waals surface area contributed by atoms with Crippen molar-refractivity contribution in [2.24, 2.45) is 5.92 Å². The number of carbonyl (C=O) groups is 2. The summed E-state index contributed by atoms with van der Waals surface area (Å²) in [5.74, 6) is -0.511. The van der Waals surface area contributed by atoms with Crippen molar-refractivity contribution in [3.63, 3.8) is 0 Å². The molecule has 0 radical (unpaired) electrons. The molecule has 1 aromatic carbocycles. The molecule has 1 N–H and O–H groups in total. The number of fused-ring (bicyclic) bond motifs is 4. The fraction of sp³-hybridized carbons (Fsp3) is 0.519. The molecule has 186 valence electrons. The van der Waals surface area contributed by atoms with Gasteiger partial charge in [0.05, 0.1) is 12.6 Å². The van der Waals surface area contributed by atoms with E-state index in [4.69, 9.17) is 9.47 Å². The van der Waals surface area contributed by atoms with Crippen LogP contribution in [-0.4, -0.2) is 52.8 Å². The molecule has 0 spiro atoms. The highest BCUT2D eigenvalue weighted by Gasteiger charge is 2.39. The lowest BCUT2D eigenvalue weighted by Gasteiger charge is -2.43. The molecule has 2 amide bonds. The van der Waals surface area contributed by atoms with Crippen LogP contribution in [0.15, 0.2) is 53.3 Å². The lowest BCUT2D eigenvalue weighted by Crippen LogP contribution is -2.52. The van der Waals surface area contributed by atoms with Crippen LogP contribution < -0.4 is 10.9 Å². The van der Waals surface area contributed by atoms with Gasteiger partial charge in [0, 0.05) is 50.2 Å². The molecule has 4 atom stereocenters. The van der Waals surface area contributed by atoms with Crippen LogP contribution in [0, 0.1) is 5.92 Å². The summed E-state index contributed by atoms with van der Waals surface area (Å²) in [6, 6.07) is 14.8. The molecule has 2 fully saturated rings. The highest BCUT2D eigenvalue weighted by atomic mass is 16.7. The number of rotatable bonds is 5. The minimum absolute atomic E-state index is 0.0153. The van der Waals surface area contributed by atoms with Crippen LogP contribution in [0.3, 0.4) is 0 Å². The highest BCUT2D eigenvalue weighted by Crippen LogP contribution is 2.35. The third-order valence-corrected chi connectivity index (χ3v) is 7.26. The molecular weight excluding hydrogens is 446 g/mol. The van der Waals surface area contributed by atoms with Gasteiger partial charge in [0.1, 0.15) is 6.10 Å². The minimum atomic E-state index is -0.742. The molecule has 2 aromatic rings. The van der Waals surface area contributed by atoms with E-state index in [9.17, 15) is 14.4 Å². The van der Waals surface area contributed by atoms with Crippen LogP contribution in [0.2, 0.25) is 0 Å². The Morgan fingerprint density at radius 2 is 1.83 bits per heavy atom. The highest BCUT2D eigenvalue weighted by molar-refractivity contribution is 5.84. The van der Waals surface area contributed by atoms with Gasteiger partial charge in [-0.2, -0.15) is 0 Å². The Hall–Kier alpha value is -2.97. The summed E-state index contributed by atoms with van der Waals surface area (Å²) >= 11 is 0. The Labute approximate surface area is 205 Å². The number of hydrogen-bond donors (Lipinski definition) is 1. The van der Waals surface area contributed by atoms with Gasteiger partial charge in [-0.3, -0.25) is 14.4 Å². The Kier molecular flexibility index (Phi) is 6.51. The maximum Gasteiger partial charge on any atom is 0.250 e. The third kappa shape index (κ3) is 5.18. The van der Waals surface area contributed by atoms with Crippen LogP contribution in [-0.2, 0) is 25.6 Å². The van der Waals surface area contributed by atoms with Gasteiger partial charge in [0.25, 0.3) is 5.56 Å². The second kappa shape index (κ2) is 9.59. The van der Waals surface area contributed by atoms with Crippen molar-refractivity contribution in [2.45, 2.75) is 63.5 Å². The van der Waals surface area contributed by atoms with Crippen LogP contribution in [0.4, 0.5) is 0 Å². The van der Waals surface area contributed by atoms with Gasteiger partial charge in [-0.15, -0.1) is 0 Å². The summed E-state index contributed by atoms with van der Waals surface area (Å²) in [7, 11) is 0. The van der Waals surface area contributed by atoms with Crippen LogP contribution in [0.1, 0.15) is 56.4 Å². The fourth-order valence-electron chi connectivity index (χ4n) is 5.62. The number of amides is 2. The first-order valence-electron chi connectivity index (χ1n) is 12.4. The molecule has 2 bridgehead atoms. The van der Waals surface area contributed by atoms with E-state index in [2.05, 4.69) is 5.32 Å². The quantitative estimate of drug-likeness (QED) is 0.712. The Balaban J connectivity index is 1.18. The Bertz CT molecular complexity index is 1150. The van der Waals surface area contributed by atoms with Gasteiger partial charge in [-0.05, 0) is 37.8 Å². The number of hydrogen-bond acceptors (Lipinski definition) is 5. The van der Waals surface area contributed by atoms with Crippen molar-refractivity contribution in [1.82, 2.24) is 14.8 Å². The van der Waals surface area contributed by atoms with Gasteiger partial charge >= 0.3 is 0 Å². The van der Waals surface area contributed by atoms with Crippen LogP contribution >= 0.6 is 0 Å². The fourth-order valence-corrected chi connectivity index (χ4v) is 5.62. The van der Waals surface area contributed by atoms with Crippen molar-refractivity contribution in [2.75, 3.05) is 19.7 Å². The number of carbonyl (C=O) groups excluding carboxylic acids is 2. The first-order valence-corrected chi connectivity index (χ1v) is 12.4. The number of ether oxygens (including phenoxy) is 2. The molecule has 8 heteroatoms. The number of piperidine rings is 1. The van der Waals surface area contributed by atoms with E-state index in [0.717, 1.165) is 17.7 Å². The average Bonchev–Trinajstić information content (AvgIpc) is 2.84. The molecule has 4 heterocycles. The second-order valence-electron chi connectivity index (χ2n) is 10.3. The first kappa shape index (κ1) is 23.8. The predicted octanol–water partition coefficient (Wildman–Crippen LogP) is 2.58. The topological polar surface area (TPSA) is 89.9 Å². The maximum atomic E-state index is 13.0. The smallest absolute Gasteiger partial charge is 0.250 e. The van der Waals surface area contributed by atoms with Crippen LogP contribution in [0.25, 0.3) is 0 Å². The van der Waals surface area contributed by atoms with Gasteiger partial charge in [0.2, 0.25) is 11.8 Å². The van der Waals surface area contributed by atoms with E-state index >= 15 is 0 Å². The van der Waals surface area contributed by atoms with E-state index < -0.39 is 5.79 Å². The van der Waals surface area contributed by atoms with Crippen LogP contribution in [0.5, 0.6) is 0 Å². The standard InChI is InChI=1S/C27H33N3O5/c1-27(2)34-17-21(26(35-27)19-7-4-3-5-8-19)28-23(31)11-12-24(32)29-14-18-13-20(16-29)22-9-6-10-25(33)30(22)15-18/h3-10,18,20-21,26H,11-17H2,1-2H3,(H,28,31). The van der Waals surface area contributed by atoms with Gasteiger partial charge < -0.3 is 24.3 Å². The summed E-state index contributed by atoms with van der Waals surface area (Å²) in [4.78, 5) is 39.9. The molecule has 2 saturated heterocycles. The molecular formula is C27H33N3O5. The third-order valence-electron chi connectivity index (χ3n) is 7.26. The Morgan fingerprint density at radius 1 is 1.03 bits per heavy atom. The zero-order valence-electron chi connectivity index (χ0n) is 20.3. The number of likely N-dealkylation sites (tertiary alicyclic amines) is 1. The molecule has 0 aliphatic carbocycles. The van der Waals surface area contributed by atoms with Gasteiger partial charge in [0.15, 0.2) is 5.79 Å². The molecule has 35 heavy (non-hydrogen) atoms. The van der Waals surface area contributed by atoms with Gasteiger partial charge in [-0.1, -0.05) is 36.4 Å². The SMILES string of the molecule is CC1(C)OCC(NC(=O)CCC(=O)N2CC3CC(C2)c2cccc(=O)n2C3)C(c2ccccc2)O1. The zero-order chi connectivity index (χ0) is 24.6. The molecule has 3 aliphatic rings. The average molecular weight is 480 g/mol. The molecule has 1 aromatic heterocycles. The number of benzene rings is 1. The van der Waals surface area contributed by atoms with Crippen molar-refractivity contribution >= 4 is 11.8 Å². The summed E-state index contributed by atoms with van der Waals surface area (Å²) in [6.45, 7) is 5.93. The van der Waals surface area contributed by atoms with Crippen molar-refractivity contribution in [1.29, 1.82) is 0 Å². The number of aromatic nitrogens is 1. The first-order chi connectivity index (χ1) is 16.8. The number of pyridine rings is 1. The summed E-state index contributed by atoms with van der Waals surface area (Å²) < 4.78 is 13.8. The molecule has 4 unspecified atom stereocenters. The minimum Gasteiger partial charge on any atom is -0.348 e. The van der Waals surface area contributed by atoms with E-state index in [1.165, 1.54) is 0 Å². The van der Waals surface area contributed by atoms with Crippen molar-refractivity contribution in [3.8, 4) is 0 Å². The van der Waals surface area contributed by atoms with Gasteiger partial charge in [-0.25, -0.2) is 0 Å². The summed E-state index contributed by atoms with van der Waals surface area (Å²) in [5, 5.41) is 3.02. The van der Waals surface area contributed by atoms with Crippen molar-refractivity contribution in [3.05, 3.63) is 70.1 Å². The van der Waals surface area contributed by atoms with E-state index in [1.54, 1.807) is 12.1 Å². The molecule has 0 saturated carbocycles. The lowest BCUT2D eigenvalue weighted by molar-refractivity contribution is -0.284. The summed E-state index contributed by atoms with van der Waals surface area (Å²) in [6.07, 6.45) is 0.932. The molecule has 5 rings (SSSR count). The number of nitrogens with zero attached hydrogens (tertiary/aromatic N) is 2. The largest absolute Gasteiger partial charge is 0.348 e. The summed E-state index contributed by atoms with van der Waals surface area (Å²) in [5.41, 5.74) is 2.02. The molecule has 8 nitrogen and oxygen atoms in total. The normalized spacial score (nSPS) is 27.1.